The van der Waals surface area contributed by atoms with E-state index in [-0.39, 0.29) is 84.3 Å². The number of aryl methyl sites for hydroxylation is 1. The number of ether oxygens (including phenoxy) is 1. The summed E-state index contributed by atoms with van der Waals surface area (Å²) >= 11 is 0. The Kier molecular flexibility index (Phi) is 13.0. The lowest BCUT2D eigenvalue weighted by molar-refractivity contribution is -0.207. The second-order valence-corrected chi connectivity index (χ2v) is 17.6. The minimum atomic E-state index is -0.697. The molecule has 2 saturated heterocycles. The average molecular weight is 806 g/mol. The molecule has 3 aliphatic carbocycles. The van der Waals surface area contributed by atoms with Crippen LogP contribution in [-0.2, 0) is 25.7 Å². The maximum atomic E-state index is 13.9. The number of carbonyl (C=O) groups excluding carboxylic acids is 3. The number of rotatable bonds is 8. The minimum absolute atomic E-state index is 0. The lowest BCUT2D eigenvalue weighted by Crippen LogP contribution is -2.63. The molecule has 7 rings (SSSR count). The number of nitrogens with two attached hydrogens (primary N) is 1. The molecule has 5 fully saturated rings. The van der Waals surface area contributed by atoms with Gasteiger partial charge in [0.2, 0.25) is 5.91 Å². The zero-order valence-electron chi connectivity index (χ0n) is 33.2. The van der Waals surface area contributed by atoms with Gasteiger partial charge in [-0.15, -0.1) is 31.4 Å². The molecule has 0 radical (unpaired) electrons. The maximum Gasteiger partial charge on any atom is 0.320 e. The molecule has 2 aromatic heterocycles. The third-order valence-electron chi connectivity index (χ3n) is 14.7. The Morgan fingerprint density at radius 1 is 1.05 bits per heavy atom. The summed E-state index contributed by atoms with van der Waals surface area (Å²) < 4.78 is 8.42. The summed E-state index contributed by atoms with van der Waals surface area (Å²) in [7, 11) is 0. The molecule has 306 valence electrons. The van der Waals surface area contributed by atoms with Crippen molar-refractivity contribution < 1.29 is 24.2 Å². The number of imidazole rings is 1. The third kappa shape index (κ3) is 7.53. The fraction of sp³-hybridized carbons (Fsp3) is 0.750. The van der Waals surface area contributed by atoms with E-state index in [0.717, 1.165) is 62.2 Å². The van der Waals surface area contributed by atoms with Crippen molar-refractivity contribution in [3.05, 3.63) is 25.3 Å². The number of fused-ring (bicyclic) bond motifs is 1. The first kappa shape index (κ1) is 43.3. The normalized spacial score (nSPS) is 35.6. The van der Waals surface area contributed by atoms with E-state index in [9.17, 15) is 19.5 Å². The summed E-state index contributed by atoms with van der Waals surface area (Å²) in [6.07, 6.45) is 9.56. The van der Waals surface area contributed by atoms with E-state index in [0.29, 0.717) is 45.4 Å². The first-order chi connectivity index (χ1) is 25.2. The Morgan fingerprint density at radius 3 is 2.47 bits per heavy atom. The molecule has 9 atom stereocenters. The number of aliphatic hydroxyl groups excluding tert-OH is 1. The number of ketones is 1. The van der Waals surface area contributed by atoms with Gasteiger partial charge in [-0.1, -0.05) is 33.8 Å². The van der Waals surface area contributed by atoms with Crippen LogP contribution in [0.2, 0.25) is 0 Å². The molecule has 0 unspecified atom stereocenters. The van der Waals surface area contributed by atoms with Crippen molar-refractivity contribution in [1.82, 2.24) is 29.3 Å². The van der Waals surface area contributed by atoms with Crippen LogP contribution < -0.4 is 10.6 Å². The van der Waals surface area contributed by atoms with Crippen LogP contribution in [0.4, 0.5) is 5.82 Å². The number of Topliss-reactive ketones (excluding diaryl/α,β-unsaturated/α-hetero) is 1. The van der Waals surface area contributed by atoms with Gasteiger partial charge < -0.3 is 29.9 Å². The van der Waals surface area contributed by atoms with Gasteiger partial charge in [-0.2, -0.15) is 0 Å². The highest BCUT2D eigenvalue weighted by molar-refractivity contribution is 5.86. The molecular weight excluding hydrogens is 743 g/mol. The number of hydrogen-bond acceptors (Lipinski definition) is 11. The number of halogens is 2. The Hall–Kier alpha value is -2.84. The molecule has 1 amide bonds. The van der Waals surface area contributed by atoms with E-state index in [1.54, 1.807) is 12.7 Å². The number of piperidine rings is 1. The largest absolute Gasteiger partial charge is 0.461 e. The van der Waals surface area contributed by atoms with Crippen LogP contribution in [0, 0.1) is 34.0 Å². The third-order valence-corrected chi connectivity index (χ3v) is 14.7. The zero-order valence-corrected chi connectivity index (χ0v) is 34.8. The van der Waals surface area contributed by atoms with Crippen LogP contribution >= 0.6 is 24.8 Å². The molecule has 2 aromatic rings. The van der Waals surface area contributed by atoms with E-state index >= 15 is 0 Å². The van der Waals surface area contributed by atoms with Crippen LogP contribution in [0.1, 0.15) is 86.0 Å². The summed E-state index contributed by atoms with van der Waals surface area (Å²) in [5, 5.41) is 11.8. The predicted molar refractivity (Wildman–Crippen MR) is 216 cm³/mol. The Labute approximate surface area is 338 Å². The van der Waals surface area contributed by atoms with Crippen molar-refractivity contribution >= 4 is 59.5 Å². The topological polar surface area (TPSA) is 160 Å². The van der Waals surface area contributed by atoms with Crippen molar-refractivity contribution in [2.75, 3.05) is 44.2 Å². The Morgan fingerprint density at radius 2 is 1.78 bits per heavy atom. The van der Waals surface area contributed by atoms with Gasteiger partial charge in [0.25, 0.3) is 0 Å². The van der Waals surface area contributed by atoms with Crippen molar-refractivity contribution in [2.24, 2.45) is 39.7 Å². The van der Waals surface area contributed by atoms with E-state index in [2.05, 4.69) is 52.1 Å². The zero-order chi connectivity index (χ0) is 37.9. The van der Waals surface area contributed by atoms with Crippen LogP contribution in [0.25, 0.3) is 11.2 Å². The number of nitrogens with zero attached hydrogens (tertiary/aromatic N) is 7. The highest BCUT2D eigenvalue weighted by atomic mass is 35.5. The highest BCUT2D eigenvalue weighted by Gasteiger charge is 2.68. The van der Waals surface area contributed by atoms with E-state index in [1.165, 1.54) is 0 Å². The van der Waals surface area contributed by atoms with Gasteiger partial charge in [0, 0.05) is 80.9 Å². The maximum absolute atomic E-state index is 13.9. The molecule has 0 spiro atoms. The molecule has 15 heteroatoms. The van der Waals surface area contributed by atoms with Gasteiger partial charge in [-0.05, 0) is 62.7 Å². The van der Waals surface area contributed by atoms with Crippen LogP contribution in [0.5, 0.6) is 0 Å². The fourth-order valence-corrected chi connectivity index (χ4v) is 11.2. The molecule has 4 heterocycles. The van der Waals surface area contributed by atoms with Crippen molar-refractivity contribution in [3.63, 3.8) is 0 Å². The lowest BCUT2D eigenvalue weighted by atomic mass is 9.44. The molecule has 55 heavy (non-hydrogen) atoms. The van der Waals surface area contributed by atoms with Gasteiger partial charge in [0.15, 0.2) is 17.0 Å². The molecular formula is C40H62Cl2N8O5. The number of esters is 1. The van der Waals surface area contributed by atoms with Gasteiger partial charge in [0.05, 0.1) is 19.0 Å². The summed E-state index contributed by atoms with van der Waals surface area (Å²) in [4.78, 5) is 61.0. The smallest absolute Gasteiger partial charge is 0.320 e. The van der Waals surface area contributed by atoms with Gasteiger partial charge >= 0.3 is 5.97 Å². The predicted octanol–water partition coefficient (Wildman–Crippen LogP) is 4.43. The quantitative estimate of drug-likeness (QED) is 0.287. The molecule has 3 N–H and O–H groups in total. The SMILES string of the molecule is C=C[C@]1(C)C[C@@H](OC(=O)CN2CCN(C(=O)CCn3cnc4c(N5CCC(N)CC5)ncnc43)[C@@H](C)C2)[C@]2(C)[C@H](C)CC[C@]3(CCC(=O)[C@@H]32)[C@@H](C)[C@@H]1O.Cl.Cl. The van der Waals surface area contributed by atoms with Gasteiger partial charge in [-0.3, -0.25) is 19.3 Å². The number of anilines is 1. The van der Waals surface area contributed by atoms with Crippen LogP contribution in [0.3, 0.4) is 0 Å². The Bertz CT molecular complexity index is 1740. The highest BCUT2D eigenvalue weighted by Crippen LogP contribution is 2.68. The average Bonchev–Trinajstić information content (AvgIpc) is 3.72. The molecule has 0 aromatic carbocycles. The summed E-state index contributed by atoms with van der Waals surface area (Å²) in [5.41, 5.74) is 6.03. The molecule has 5 aliphatic rings. The second kappa shape index (κ2) is 16.6. The Balaban J connectivity index is 0.00000290. The fourth-order valence-electron chi connectivity index (χ4n) is 11.2. The van der Waals surface area contributed by atoms with Gasteiger partial charge in [-0.25, -0.2) is 15.0 Å². The van der Waals surface area contributed by atoms with Crippen molar-refractivity contribution in [2.45, 2.75) is 117 Å². The first-order valence-electron chi connectivity index (χ1n) is 19.9. The number of hydrogen-bond donors (Lipinski definition) is 2. The number of piperazine rings is 1. The summed E-state index contributed by atoms with van der Waals surface area (Å²) in [6, 6.07) is 0.132. The molecule has 3 saturated carbocycles. The van der Waals surface area contributed by atoms with Crippen molar-refractivity contribution in [1.29, 1.82) is 0 Å². The summed E-state index contributed by atoms with van der Waals surface area (Å²) in [5.74, 6) is 0.636. The lowest BCUT2D eigenvalue weighted by Gasteiger charge is -2.61. The van der Waals surface area contributed by atoms with Crippen LogP contribution in [-0.4, -0.2) is 116 Å². The van der Waals surface area contributed by atoms with E-state index < -0.39 is 23.0 Å². The van der Waals surface area contributed by atoms with Gasteiger partial charge in [0.1, 0.15) is 18.2 Å². The van der Waals surface area contributed by atoms with E-state index in [4.69, 9.17) is 10.5 Å². The minimum Gasteiger partial charge on any atom is -0.461 e. The standard InChI is InChI=1S/C40H60N8O5.2ClH/c1-7-38(5)20-30(39(6)25(2)8-13-40(27(4)35(38)52)14-9-29(49)34(39)40)53-32(51)22-45-18-19-48(26(3)21-45)31(50)12-17-47-24-44-33-36(42-23-43-37(33)47)46-15-10-28(41)11-16-46;;/h7,23-28,30,34-35,52H,1,8-22,41H2,2-6H3;2*1H/t25-,26+,27+,30-,34-,35+,38-,39+,40+;;/m1../s1. The van der Waals surface area contributed by atoms with E-state index in [1.807, 2.05) is 29.4 Å². The second-order valence-electron chi connectivity index (χ2n) is 17.6. The summed E-state index contributed by atoms with van der Waals surface area (Å²) in [6.45, 7) is 18.5. The number of aliphatic hydroxyl groups is 1. The number of amides is 1. The van der Waals surface area contributed by atoms with Crippen LogP contribution in [0.15, 0.2) is 25.3 Å². The molecule has 2 aliphatic heterocycles. The monoisotopic (exact) mass is 804 g/mol. The molecule has 13 nitrogen and oxygen atoms in total. The molecule has 2 bridgehead atoms. The number of carbonyl (C=O) groups is 3. The number of aromatic nitrogens is 4. The van der Waals surface area contributed by atoms with Crippen molar-refractivity contribution in [3.8, 4) is 0 Å². The first-order valence-corrected chi connectivity index (χ1v) is 19.9.